The Kier molecular flexibility index (Phi) is 5.93. The van der Waals surface area contributed by atoms with Gasteiger partial charge in [0.25, 0.3) is 5.09 Å². The van der Waals surface area contributed by atoms with Gasteiger partial charge in [-0.05, 0) is 32.9 Å². The molecule has 1 unspecified atom stereocenters. The Hall–Kier alpha value is -2.33. The van der Waals surface area contributed by atoms with Crippen LogP contribution in [-0.4, -0.2) is 29.9 Å². The van der Waals surface area contributed by atoms with E-state index < -0.39 is 11.2 Å². The third-order valence-corrected chi connectivity index (χ3v) is 2.53. The fourth-order valence-electron chi connectivity index (χ4n) is 1.54. The first kappa shape index (κ1) is 16.7. The minimum Gasteiger partial charge on any atom is -0.490 e. The van der Waals surface area contributed by atoms with Crippen molar-refractivity contribution in [2.24, 2.45) is 0 Å². The molecule has 1 atom stereocenters. The van der Waals surface area contributed by atoms with Crippen molar-refractivity contribution in [1.82, 2.24) is 5.32 Å². The Labute approximate surface area is 123 Å². The lowest BCUT2D eigenvalue weighted by atomic mass is 10.1. The van der Waals surface area contributed by atoms with Gasteiger partial charge >= 0.3 is 0 Å². The molecule has 7 heteroatoms. The molecular weight excluding hydrogens is 274 g/mol. The summed E-state index contributed by atoms with van der Waals surface area (Å²) in [5.74, 6) is 0.382. The van der Waals surface area contributed by atoms with Crippen LogP contribution in [0.4, 0.5) is 0 Å². The smallest absolute Gasteiger partial charge is 0.294 e. The van der Waals surface area contributed by atoms with E-state index in [2.05, 4.69) is 10.2 Å². The molecule has 0 spiro atoms. The van der Waals surface area contributed by atoms with Gasteiger partial charge in [0, 0.05) is 12.1 Å². The van der Waals surface area contributed by atoms with Gasteiger partial charge in [-0.15, -0.1) is 10.1 Å². The molecule has 1 N–H and O–H groups in total. The van der Waals surface area contributed by atoms with Crippen LogP contribution in [0, 0.1) is 21.4 Å². The van der Waals surface area contributed by atoms with Gasteiger partial charge in [-0.2, -0.15) is 5.26 Å². The van der Waals surface area contributed by atoms with Crippen LogP contribution >= 0.6 is 0 Å². The zero-order valence-electron chi connectivity index (χ0n) is 12.3. The molecule has 0 aliphatic rings. The number of para-hydroxylation sites is 1. The van der Waals surface area contributed by atoms with Gasteiger partial charge < -0.3 is 14.9 Å². The molecule has 0 aromatic heterocycles. The van der Waals surface area contributed by atoms with Crippen molar-refractivity contribution in [3.8, 4) is 11.8 Å². The molecule has 0 saturated heterocycles. The van der Waals surface area contributed by atoms with Gasteiger partial charge in [0.15, 0.2) is 6.10 Å². The van der Waals surface area contributed by atoms with Crippen LogP contribution < -0.4 is 10.1 Å². The summed E-state index contributed by atoms with van der Waals surface area (Å²) >= 11 is 0. The zero-order chi connectivity index (χ0) is 15.9. The molecule has 0 saturated carbocycles. The number of nitriles is 1. The van der Waals surface area contributed by atoms with E-state index in [0.29, 0.717) is 11.3 Å². The second-order valence-corrected chi connectivity index (χ2v) is 5.50. The zero-order valence-corrected chi connectivity index (χ0v) is 12.3. The third kappa shape index (κ3) is 6.58. The van der Waals surface area contributed by atoms with E-state index in [4.69, 9.17) is 10.00 Å². The Morgan fingerprint density at radius 1 is 1.43 bits per heavy atom. The van der Waals surface area contributed by atoms with E-state index in [1.54, 1.807) is 24.3 Å². The average Bonchev–Trinajstić information content (AvgIpc) is 2.40. The second kappa shape index (κ2) is 7.45. The predicted octanol–water partition coefficient (Wildman–Crippen LogP) is 1.90. The minimum absolute atomic E-state index is 0.0250. The van der Waals surface area contributed by atoms with Crippen LogP contribution in [0.1, 0.15) is 26.3 Å². The molecule has 0 aliphatic carbocycles. The molecule has 1 rings (SSSR count). The average molecular weight is 293 g/mol. The summed E-state index contributed by atoms with van der Waals surface area (Å²) in [6, 6.07) is 8.70. The Balaban J connectivity index is 2.64. The van der Waals surface area contributed by atoms with Gasteiger partial charge in [0.05, 0.1) is 5.56 Å². The highest BCUT2D eigenvalue weighted by atomic mass is 17.0. The molecular formula is C14H19N3O4. The largest absolute Gasteiger partial charge is 0.490 e. The summed E-state index contributed by atoms with van der Waals surface area (Å²) in [5.41, 5.74) is 0.184. The molecule has 0 fully saturated rings. The summed E-state index contributed by atoms with van der Waals surface area (Å²) in [4.78, 5) is 15.1. The van der Waals surface area contributed by atoms with Crippen molar-refractivity contribution in [2.75, 3.05) is 13.2 Å². The molecule has 0 radical (unpaired) electrons. The summed E-state index contributed by atoms with van der Waals surface area (Å²) in [6.45, 7) is 6.08. The van der Waals surface area contributed by atoms with Crippen molar-refractivity contribution >= 4 is 0 Å². The van der Waals surface area contributed by atoms with Crippen molar-refractivity contribution in [3.63, 3.8) is 0 Å². The third-order valence-electron chi connectivity index (χ3n) is 2.53. The maximum Gasteiger partial charge on any atom is 0.294 e. The summed E-state index contributed by atoms with van der Waals surface area (Å²) in [6.07, 6.45) is -0.758. The quantitative estimate of drug-likeness (QED) is 0.609. The fraction of sp³-hybridized carbons (Fsp3) is 0.500. The highest BCUT2D eigenvalue weighted by Gasteiger charge is 2.18. The topological polar surface area (TPSA) is 97.4 Å². The molecule has 114 valence electrons. The molecule has 21 heavy (non-hydrogen) atoms. The van der Waals surface area contributed by atoms with E-state index in [9.17, 15) is 10.1 Å². The van der Waals surface area contributed by atoms with Crippen LogP contribution in [0.25, 0.3) is 0 Å². The number of benzene rings is 1. The maximum absolute atomic E-state index is 10.5. The van der Waals surface area contributed by atoms with Crippen molar-refractivity contribution in [1.29, 1.82) is 5.26 Å². The fourth-order valence-corrected chi connectivity index (χ4v) is 1.54. The second-order valence-electron chi connectivity index (χ2n) is 5.50. The SMILES string of the molecule is CC(C)(C)NCC(COc1ccccc1C#N)O[N+](=O)[O-]. The molecule has 0 heterocycles. The van der Waals surface area contributed by atoms with Gasteiger partial charge in [0.1, 0.15) is 18.4 Å². The number of nitrogens with zero attached hydrogens (tertiary/aromatic N) is 2. The minimum atomic E-state index is -0.839. The normalized spacial score (nSPS) is 12.3. The molecule has 0 bridgehead atoms. The van der Waals surface area contributed by atoms with Crippen molar-refractivity contribution in [2.45, 2.75) is 32.4 Å². The first-order valence-corrected chi connectivity index (χ1v) is 6.50. The number of hydrogen-bond donors (Lipinski definition) is 1. The van der Waals surface area contributed by atoms with Crippen LogP contribution in [0.3, 0.4) is 0 Å². The Morgan fingerprint density at radius 3 is 2.67 bits per heavy atom. The maximum atomic E-state index is 10.5. The molecule has 7 nitrogen and oxygen atoms in total. The first-order chi connectivity index (χ1) is 9.81. The highest BCUT2D eigenvalue weighted by molar-refractivity contribution is 5.42. The lowest BCUT2D eigenvalue weighted by molar-refractivity contribution is -0.768. The van der Waals surface area contributed by atoms with E-state index in [-0.39, 0.29) is 18.7 Å². The van der Waals surface area contributed by atoms with Crippen molar-refractivity contribution < 1.29 is 14.7 Å². The van der Waals surface area contributed by atoms with Gasteiger partial charge in [-0.3, -0.25) is 0 Å². The molecule has 1 aromatic carbocycles. The van der Waals surface area contributed by atoms with Crippen LogP contribution in [0.5, 0.6) is 5.75 Å². The van der Waals surface area contributed by atoms with Crippen molar-refractivity contribution in [3.05, 3.63) is 39.9 Å². The molecule has 1 aromatic rings. The molecule has 0 amide bonds. The number of hydrogen-bond acceptors (Lipinski definition) is 6. The number of ether oxygens (including phenoxy) is 1. The highest BCUT2D eigenvalue weighted by Crippen LogP contribution is 2.17. The Morgan fingerprint density at radius 2 is 2.10 bits per heavy atom. The number of nitrogens with one attached hydrogen (secondary N) is 1. The first-order valence-electron chi connectivity index (χ1n) is 6.50. The van der Waals surface area contributed by atoms with Crippen LogP contribution in [0.2, 0.25) is 0 Å². The van der Waals surface area contributed by atoms with Gasteiger partial charge in [-0.25, -0.2) is 0 Å². The van der Waals surface area contributed by atoms with E-state index in [0.717, 1.165) is 0 Å². The van der Waals surface area contributed by atoms with E-state index >= 15 is 0 Å². The number of rotatable bonds is 7. The summed E-state index contributed by atoms with van der Waals surface area (Å²) < 4.78 is 5.46. The lowest BCUT2D eigenvalue weighted by Crippen LogP contribution is -2.44. The summed E-state index contributed by atoms with van der Waals surface area (Å²) in [7, 11) is 0. The van der Waals surface area contributed by atoms with E-state index in [1.807, 2.05) is 26.8 Å². The predicted molar refractivity (Wildman–Crippen MR) is 76.3 cm³/mol. The standard InChI is InChI=1S/C14H19N3O4/c1-14(2,3)16-9-12(21-17(18)19)10-20-13-7-5-4-6-11(13)8-15/h4-7,12,16H,9-10H2,1-3H3. The summed E-state index contributed by atoms with van der Waals surface area (Å²) in [5, 5.41) is 21.8. The lowest BCUT2D eigenvalue weighted by Gasteiger charge is -2.24. The van der Waals surface area contributed by atoms with E-state index in [1.165, 1.54) is 0 Å². The van der Waals surface area contributed by atoms with Gasteiger partial charge in [-0.1, -0.05) is 12.1 Å². The Bertz CT molecular complexity index is 520. The van der Waals surface area contributed by atoms with Gasteiger partial charge in [0.2, 0.25) is 0 Å². The monoisotopic (exact) mass is 293 g/mol. The van der Waals surface area contributed by atoms with Crippen LogP contribution in [-0.2, 0) is 4.84 Å². The van der Waals surface area contributed by atoms with Crippen LogP contribution in [0.15, 0.2) is 24.3 Å². The molecule has 0 aliphatic heterocycles.